The zero-order valence-electron chi connectivity index (χ0n) is 15.5. The van der Waals surface area contributed by atoms with Crippen molar-refractivity contribution in [3.63, 3.8) is 0 Å². The van der Waals surface area contributed by atoms with Gasteiger partial charge in [0.25, 0.3) is 5.91 Å². The molecule has 6 heteroatoms. The number of esters is 1. The number of rotatable bonds is 6. The molecule has 28 heavy (non-hydrogen) atoms. The number of hydrogen-bond acceptors (Lipinski definition) is 5. The van der Waals surface area contributed by atoms with Gasteiger partial charge >= 0.3 is 5.97 Å². The van der Waals surface area contributed by atoms with Gasteiger partial charge in [0, 0.05) is 11.3 Å². The second kappa shape index (κ2) is 8.35. The van der Waals surface area contributed by atoms with E-state index < -0.39 is 18.0 Å². The molecule has 0 fully saturated rings. The molecule has 142 valence electrons. The van der Waals surface area contributed by atoms with Crippen LogP contribution in [0, 0.1) is 6.92 Å². The SMILES string of the molecule is Cc1ccc(C(=O)[C@H](C)OC(=O)c2ccc(NC(=O)c3ccco3)cc2)cc1. The van der Waals surface area contributed by atoms with E-state index in [0.29, 0.717) is 11.3 Å². The van der Waals surface area contributed by atoms with E-state index in [-0.39, 0.29) is 17.1 Å². The fourth-order valence-electron chi connectivity index (χ4n) is 2.52. The molecule has 2 aromatic carbocycles. The summed E-state index contributed by atoms with van der Waals surface area (Å²) in [6, 6.07) is 16.4. The summed E-state index contributed by atoms with van der Waals surface area (Å²) in [6.07, 6.45) is 0.501. The first kappa shape index (κ1) is 19.1. The Balaban J connectivity index is 1.60. The maximum Gasteiger partial charge on any atom is 0.338 e. The van der Waals surface area contributed by atoms with E-state index in [1.807, 2.05) is 19.1 Å². The topological polar surface area (TPSA) is 85.6 Å². The highest BCUT2D eigenvalue weighted by atomic mass is 16.5. The average molecular weight is 377 g/mol. The summed E-state index contributed by atoms with van der Waals surface area (Å²) in [6.45, 7) is 3.47. The Morgan fingerprint density at radius 1 is 0.929 bits per heavy atom. The maximum absolute atomic E-state index is 12.4. The highest BCUT2D eigenvalue weighted by molar-refractivity contribution is 6.03. The number of nitrogens with one attached hydrogen (secondary N) is 1. The van der Waals surface area contributed by atoms with Crippen LogP contribution in [0.15, 0.2) is 71.3 Å². The van der Waals surface area contributed by atoms with E-state index in [2.05, 4.69) is 5.32 Å². The molecule has 0 aliphatic rings. The van der Waals surface area contributed by atoms with Crippen molar-refractivity contribution in [1.82, 2.24) is 0 Å². The molecular formula is C22H19NO5. The highest BCUT2D eigenvalue weighted by Gasteiger charge is 2.20. The molecule has 0 aliphatic heterocycles. The van der Waals surface area contributed by atoms with Crippen molar-refractivity contribution < 1.29 is 23.5 Å². The van der Waals surface area contributed by atoms with Gasteiger partial charge in [0.05, 0.1) is 11.8 Å². The van der Waals surface area contributed by atoms with E-state index in [4.69, 9.17) is 9.15 Å². The number of Topliss-reactive ketones (excluding diaryl/α,β-unsaturated/α-hetero) is 1. The van der Waals surface area contributed by atoms with Gasteiger partial charge in [-0.15, -0.1) is 0 Å². The summed E-state index contributed by atoms with van der Waals surface area (Å²) in [5.41, 5.74) is 2.31. The number of hydrogen-bond donors (Lipinski definition) is 1. The first-order valence-corrected chi connectivity index (χ1v) is 8.71. The summed E-state index contributed by atoms with van der Waals surface area (Å²) < 4.78 is 10.3. The first-order chi connectivity index (χ1) is 13.4. The minimum Gasteiger partial charge on any atom is -0.459 e. The number of carbonyl (C=O) groups excluding carboxylic acids is 3. The third-order valence-electron chi connectivity index (χ3n) is 4.11. The lowest BCUT2D eigenvalue weighted by Crippen LogP contribution is -2.24. The minimum absolute atomic E-state index is 0.187. The Kier molecular flexibility index (Phi) is 5.69. The van der Waals surface area contributed by atoms with Crippen LogP contribution in [0.2, 0.25) is 0 Å². The molecule has 0 radical (unpaired) electrons. The van der Waals surface area contributed by atoms with Crippen LogP contribution in [-0.2, 0) is 4.74 Å². The predicted molar refractivity (Wildman–Crippen MR) is 103 cm³/mol. The van der Waals surface area contributed by atoms with Crippen molar-refractivity contribution >= 4 is 23.3 Å². The van der Waals surface area contributed by atoms with Gasteiger partial charge in [0.2, 0.25) is 5.78 Å². The molecule has 0 bridgehead atoms. The number of furan rings is 1. The summed E-state index contributed by atoms with van der Waals surface area (Å²) >= 11 is 0. The van der Waals surface area contributed by atoms with Gasteiger partial charge in [-0.25, -0.2) is 4.79 Å². The Bertz CT molecular complexity index is 973. The standard InChI is InChI=1S/C22H19NO5/c1-14-5-7-16(8-6-14)20(24)15(2)28-22(26)17-9-11-18(12-10-17)23-21(25)19-4-3-13-27-19/h3-13,15H,1-2H3,(H,23,25)/t15-/m0/s1. The zero-order chi connectivity index (χ0) is 20.1. The van der Waals surface area contributed by atoms with Crippen molar-refractivity contribution in [2.45, 2.75) is 20.0 Å². The van der Waals surface area contributed by atoms with Crippen LogP contribution in [0.1, 0.15) is 43.8 Å². The molecule has 1 heterocycles. The van der Waals surface area contributed by atoms with Crippen LogP contribution in [0.3, 0.4) is 0 Å². The molecule has 1 atom stereocenters. The third kappa shape index (κ3) is 4.54. The van der Waals surface area contributed by atoms with E-state index in [1.165, 1.54) is 25.3 Å². The van der Waals surface area contributed by atoms with E-state index in [9.17, 15) is 14.4 Å². The Hall–Kier alpha value is -3.67. The Morgan fingerprint density at radius 2 is 1.57 bits per heavy atom. The van der Waals surface area contributed by atoms with Crippen molar-refractivity contribution in [1.29, 1.82) is 0 Å². The number of ether oxygens (including phenoxy) is 1. The maximum atomic E-state index is 12.4. The van der Waals surface area contributed by atoms with Gasteiger partial charge < -0.3 is 14.5 Å². The normalized spacial score (nSPS) is 11.5. The second-order valence-electron chi connectivity index (χ2n) is 6.29. The van der Waals surface area contributed by atoms with Crippen molar-refractivity contribution in [3.8, 4) is 0 Å². The predicted octanol–water partition coefficient (Wildman–Crippen LogP) is 4.27. The Labute approximate surface area is 162 Å². The van der Waals surface area contributed by atoms with Gasteiger partial charge in [-0.2, -0.15) is 0 Å². The summed E-state index contributed by atoms with van der Waals surface area (Å²) in [5.74, 6) is -1.09. The molecule has 1 amide bonds. The molecule has 6 nitrogen and oxygen atoms in total. The molecular weight excluding hydrogens is 358 g/mol. The number of benzene rings is 2. The van der Waals surface area contributed by atoms with Crippen LogP contribution >= 0.6 is 0 Å². The summed E-state index contributed by atoms with van der Waals surface area (Å²) in [5, 5.41) is 2.66. The molecule has 1 N–H and O–H groups in total. The first-order valence-electron chi connectivity index (χ1n) is 8.71. The van der Waals surface area contributed by atoms with E-state index >= 15 is 0 Å². The fourth-order valence-corrected chi connectivity index (χ4v) is 2.52. The molecule has 1 aromatic heterocycles. The number of carbonyl (C=O) groups is 3. The van der Waals surface area contributed by atoms with Crippen LogP contribution in [0.25, 0.3) is 0 Å². The van der Waals surface area contributed by atoms with E-state index in [1.54, 1.807) is 36.4 Å². The average Bonchev–Trinajstić information content (AvgIpc) is 3.23. The van der Waals surface area contributed by atoms with Gasteiger partial charge in [0.15, 0.2) is 11.9 Å². The molecule has 3 aromatic rings. The van der Waals surface area contributed by atoms with Crippen molar-refractivity contribution in [3.05, 3.63) is 89.4 Å². The van der Waals surface area contributed by atoms with E-state index in [0.717, 1.165) is 5.56 Å². The van der Waals surface area contributed by atoms with Crippen molar-refractivity contribution in [2.24, 2.45) is 0 Å². The van der Waals surface area contributed by atoms with Crippen LogP contribution in [0.5, 0.6) is 0 Å². The number of amides is 1. The molecule has 0 spiro atoms. The molecule has 0 saturated heterocycles. The van der Waals surface area contributed by atoms with Crippen LogP contribution < -0.4 is 5.32 Å². The smallest absolute Gasteiger partial charge is 0.338 e. The van der Waals surface area contributed by atoms with Crippen LogP contribution in [-0.4, -0.2) is 23.8 Å². The van der Waals surface area contributed by atoms with Crippen molar-refractivity contribution in [2.75, 3.05) is 5.32 Å². The fraction of sp³-hybridized carbons (Fsp3) is 0.136. The molecule has 3 rings (SSSR count). The molecule has 0 saturated carbocycles. The van der Waals surface area contributed by atoms with Crippen LogP contribution in [0.4, 0.5) is 5.69 Å². The monoisotopic (exact) mass is 377 g/mol. The third-order valence-corrected chi connectivity index (χ3v) is 4.11. The number of anilines is 1. The van der Waals surface area contributed by atoms with Gasteiger partial charge in [-0.1, -0.05) is 29.8 Å². The Morgan fingerprint density at radius 3 is 2.18 bits per heavy atom. The lowest BCUT2D eigenvalue weighted by Gasteiger charge is -2.13. The largest absolute Gasteiger partial charge is 0.459 e. The number of aryl methyl sites for hydroxylation is 1. The highest BCUT2D eigenvalue weighted by Crippen LogP contribution is 2.15. The quantitative estimate of drug-likeness (QED) is 0.512. The van der Waals surface area contributed by atoms with Gasteiger partial charge in [-0.05, 0) is 50.2 Å². The van der Waals surface area contributed by atoms with Gasteiger partial charge in [-0.3, -0.25) is 9.59 Å². The minimum atomic E-state index is -0.909. The molecule has 0 unspecified atom stereocenters. The zero-order valence-corrected chi connectivity index (χ0v) is 15.5. The van der Waals surface area contributed by atoms with Gasteiger partial charge in [0.1, 0.15) is 0 Å². The summed E-state index contributed by atoms with van der Waals surface area (Å²) in [4.78, 5) is 36.6. The number of ketones is 1. The summed E-state index contributed by atoms with van der Waals surface area (Å²) in [7, 11) is 0. The lowest BCUT2D eigenvalue weighted by atomic mass is 10.1. The second-order valence-corrected chi connectivity index (χ2v) is 6.29. The lowest BCUT2D eigenvalue weighted by molar-refractivity contribution is 0.0319. The molecule has 0 aliphatic carbocycles.